The Morgan fingerprint density at radius 3 is 2.29 bits per heavy atom. The van der Waals surface area contributed by atoms with E-state index in [1.807, 2.05) is 0 Å². The van der Waals surface area contributed by atoms with Gasteiger partial charge in [0.2, 0.25) is 0 Å². The van der Waals surface area contributed by atoms with Crippen LogP contribution in [0.2, 0.25) is 0 Å². The summed E-state index contributed by atoms with van der Waals surface area (Å²) in [5.74, 6) is 4.03. The van der Waals surface area contributed by atoms with Crippen molar-refractivity contribution >= 4 is 17.7 Å². The lowest BCUT2D eigenvalue weighted by molar-refractivity contribution is -0.150. The Hall–Kier alpha value is -2.45. The van der Waals surface area contributed by atoms with Gasteiger partial charge in [-0.3, -0.25) is 15.6 Å². The lowest BCUT2D eigenvalue weighted by Crippen LogP contribution is -2.54. The van der Waals surface area contributed by atoms with E-state index in [-0.39, 0.29) is 11.5 Å². The highest BCUT2D eigenvalue weighted by atomic mass is 16.6. The normalized spacial score (nSPS) is 28.5. The highest BCUT2D eigenvalue weighted by Gasteiger charge is 2.46. The van der Waals surface area contributed by atoms with E-state index in [9.17, 15) is 15.0 Å². The summed E-state index contributed by atoms with van der Waals surface area (Å²) in [5.41, 5.74) is 10.6. The topological polar surface area (TPSA) is 231 Å². The van der Waals surface area contributed by atoms with Gasteiger partial charge in [0, 0.05) is 13.1 Å². The van der Waals surface area contributed by atoms with Gasteiger partial charge in [-0.15, -0.1) is 0 Å². The van der Waals surface area contributed by atoms with Crippen LogP contribution >= 0.6 is 0 Å². The summed E-state index contributed by atoms with van der Waals surface area (Å²) in [6.45, 7) is 0.609. The monoisotopic (exact) mass is 400 g/mol. The number of amidine groups is 1. The summed E-state index contributed by atoms with van der Waals surface area (Å²) < 4.78 is 5.22. The minimum Gasteiger partial charge on any atom is -0.394 e. The lowest BCUT2D eigenvalue weighted by Gasteiger charge is -2.31. The Morgan fingerprint density at radius 1 is 1.18 bits per heavy atom. The molecule has 0 spiro atoms. The van der Waals surface area contributed by atoms with Crippen LogP contribution in [0.1, 0.15) is 19.3 Å². The van der Waals surface area contributed by atoms with Gasteiger partial charge in [0.25, 0.3) is 5.91 Å². The second-order valence-corrected chi connectivity index (χ2v) is 6.66. The summed E-state index contributed by atoms with van der Waals surface area (Å²) >= 11 is 0. The molecule has 0 aromatic heterocycles. The molecule has 1 amide bonds. The van der Waals surface area contributed by atoms with Crippen molar-refractivity contribution in [2.24, 2.45) is 17.3 Å². The van der Waals surface area contributed by atoms with Crippen LogP contribution in [0.5, 0.6) is 0 Å². The van der Waals surface area contributed by atoms with Crippen LogP contribution in [0, 0.1) is 10.8 Å². The average Bonchev–Trinajstić information content (AvgIpc) is 2.98. The fraction of sp³-hybridized carbons (Fsp3) is 0.667. The van der Waals surface area contributed by atoms with Crippen LogP contribution in [0.15, 0.2) is 11.4 Å². The first-order valence-corrected chi connectivity index (χ1v) is 8.84. The predicted octanol–water partition coefficient (Wildman–Crippen LogP) is -3.76. The molecule has 0 bridgehead atoms. The Morgan fingerprint density at radius 2 is 1.79 bits per heavy atom. The van der Waals surface area contributed by atoms with E-state index in [4.69, 9.17) is 38.0 Å². The number of nitrogens with zero attached hydrogens (tertiary/aromatic N) is 2. The quantitative estimate of drug-likeness (QED) is 0.0546. The molecule has 28 heavy (non-hydrogen) atoms. The SMILES string of the molecule is N=C(N)N/C(C(=O)N(N)C1OC(CO)C(O)C1O)=C(/N)C(=N)N1CCCCC1. The van der Waals surface area contributed by atoms with Gasteiger partial charge in [0.15, 0.2) is 12.2 Å². The number of guanidine groups is 1. The van der Waals surface area contributed by atoms with Crippen LogP contribution in [-0.2, 0) is 9.53 Å². The molecule has 4 atom stereocenters. The largest absolute Gasteiger partial charge is 0.394 e. The maximum atomic E-state index is 12.8. The van der Waals surface area contributed by atoms with Crippen molar-refractivity contribution < 1.29 is 24.9 Å². The van der Waals surface area contributed by atoms with Gasteiger partial charge in [-0.25, -0.2) is 10.9 Å². The van der Waals surface area contributed by atoms with Crippen molar-refractivity contribution in [2.75, 3.05) is 19.7 Å². The Kier molecular flexibility index (Phi) is 7.15. The maximum Gasteiger partial charge on any atom is 0.289 e. The zero-order chi connectivity index (χ0) is 21.0. The van der Waals surface area contributed by atoms with E-state index < -0.39 is 48.7 Å². The van der Waals surface area contributed by atoms with Crippen LogP contribution in [0.3, 0.4) is 0 Å². The van der Waals surface area contributed by atoms with E-state index in [0.717, 1.165) is 19.3 Å². The average molecular weight is 400 g/mol. The number of aliphatic hydroxyl groups excluding tert-OH is 3. The van der Waals surface area contributed by atoms with E-state index in [0.29, 0.717) is 18.1 Å². The molecular formula is C15H28N8O5. The first kappa shape index (κ1) is 21.8. The first-order valence-electron chi connectivity index (χ1n) is 8.84. The predicted molar refractivity (Wildman–Crippen MR) is 98.2 cm³/mol. The number of hydrogen-bond donors (Lipinski definition) is 9. The van der Waals surface area contributed by atoms with Crippen molar-refractivity contribution in [2.45, 2.75) is 43.8 Å². The molecule has 0 radical (unpaired) electrons. The third-order valence-electron chi connectivity index (χ3n) is 4.70. The highest BCUT2D eigenvalue weighted by Crippen LogP contribution is 2.23. The van der Waals surface area contributed by atoms with Gasteiger partial charge >= 0.3 is 0 Å². The number of hydrogen-bond acceptors (Lipinski definition) is 9. The molecule has 0 aliphatic carbocycles. The fourth-order valence-corrected chi connectivity index (χ4v) is 3.13. The van der Waals surface area contributed by atoms with Gasteiger partial charge in [0.1, 0.15) is 35.5 Å². The summed E-state index contributed by atoms with van der Waals surface area (Å²) in [6.07, 6.45) is -2.84. The molecule has 0 saturated carbocycles. The number of amides is 1. The van der Waals surface area contributed by atoms with Crippen molar-refractivity contribution in [1.82, 2.24) is 15.2 Å². The lowest BCUT2D eigenvalue weighted by atomic mass is 10.1. The summed E-state index contributed by atoms with van der Waals surface area (Å²) in [5, 5.41) is 47.5. The molecule has 0 aromatic carbocycles. The number of carbonyl (C=O) groups is 1. The minimum absolute atomic E-state index is 0.119. The maximum absolute atomic E-state index is 12.8. The summed E-state index contributed by atoms with van der Waals surface area (Å²) in [6, 6.07) is 0. The number of aliphatic hydroxyl groups is 3. The molecule has 0 aromatic rings. The van der Waals surface area contributed by atoms with Crippen molar-refractivity contribution in [3.63, 3.8) is 0 Å². The van der Waals surface area contributed by atoms with E-state index in [2.05, 4.69) is 5.32 Å². The molecule has 2 saturated heterocycles. The number of nitrogens with two attached hydrogens (primary N) is 3. The smallest absolute Gasteiger partial charge is 0.289 e. The van der Waals surface area contributed by atoms with Crippen LogP contribution < -0.4 is 22.6 Å². The first-order chi connectivity index (χ1) is 13.2. The molecule has 13 nitrogen and oxygen atoms in total. The summed E-state index contributed by atoms with van der Waals surface area (Å²) in [4.78, 5) is 14.5. The zero-order valence-electron chi connectivity index (χ0n) is 15.3. The number of likely N-dealkylation sites (tertiary alicyclic amines) is 1. The van der Waals surface area contributed by atoms with Gasteiger partial charge in [-0.2, -0.15) is 0 Å². The number of carbonyl (C=O) groups excluding carboxylic acids is 1. The van der Waals surface area contributed by atoms with Crippen LogP contribution in [0.25, 0.3) is 0 Å². The molecular weight excluding hydrogens is 372 g/mol. The molecule has 158 valence electrons. The summed E-state index contributed by atoms with van der Waals surface area (Å²) in [7, 11) is 0. The van der Waals surface area contributed by atoms with E-state index in [1.54, 1.807) is 4.90 Å². The zero-order valence-corrected chi connectivity index (χ0v) is 15.3. The second-order valence-electron chi connectivity index (χ2n) is 6.66. The molecule has 4 unspecified atom stereocenters. The number of hydrazine groups is 1. The molecule has 2 rings (SSSR count). The molecule has 2 aliphatic heterocycles. The van der Waals surface area contributed by atoms with E-state index >= 15 is 0 Å². The van der Waals surface area contributed by atoms with Crippen LogP contribution in [0.4, 0.5) is 0 Å². The van der Waals surface area contributed by atoms with Crippen molar-refractivity contribution in [1.29, 1.82) is 10.8 Å². The Bertz CT molecular complexity index is 650. The number of ether oxygens (including phenoxy) is 1. The highest BCUT2D eigenvalue weighted by molar-refractivity contribution is 6.06. The van der Waals surface area contributed by atoms with Crippen molar-refractivity contribution in [3.8, 4) is 0 Å². The van der Waals surface area contributed by atoms with Gasteiger partial charge in [0.05, 0.1) is 6.61 Å². The second kappa shape index (κ2) is 9.16. The third kappa shape index (κ3) is 4.51. The molecule has 13 heteroatoms. The van der Waals surface area contributed by atoms with Crippen molar-refractivity contribution in [3.05, 3.63) is 11.4 Å². The minimum atomic E-state index is -1.58. The number of rotatable bonds is 5. The van der Waals surface area contributed by atoms with E-state index in [1.165, 1.54) is 0 Å². The molecule has 2 heterocycles. The standard InChI is InChI=1S/C15H28N8O5/c16-8(12(17)22-4-2-1-3-5-22)9(21-15(18)19)13(27)23(20)14-11(26)10(25)7(6-24)28-14/h7,10-11,14,17,24-26H,1-6,16,20H2,(H4,18,19,21)/b9-8+,17-12?. The Balaban J connectivity index is 2.27. The molecule has 12 N–H and O–H groups in total. The number of piperidine rings is 1. The van der Waals surface area contributed by atoms with Crippen LogP contribution in [-0.4, -0.2) is 87.2 Å². The molecule has 2 fully saturated rings. The fourth-order valence-electron chi connectivity index (χ4n) is 3.13. The third-order valence-corrected chi connectivity index (χ3v) is 4.70. The van der Waals surface area contributed by atoms with Gasteiger partial charge in [-0.1, -0.05) is 0 Å². The molecule has 2 aliphatic rings. The van der Waals surface area contributed by atoms with Gasteiger partial charge in [-0.05, 0) is 19.3 Å². The Labute approximate surface area is 161 Å². The number of nitrogens with one attached hydrogen (secondary N) is 3. The van der Waals surface area contributed by atoms with Gasteiger partial charge < -0.3 is 41.7 Å².